The molecule has 0 bridgehead atoms. The molecule has 0 aliphatic carbocycles. The molecule has 6 nitrogen and oxygen atoms in total. The number of amides is 1. The van der Waals surface area contributed by atoms with Gasteiger partial charge in [-0.05, 0) is 38.0 Å². The van der Waals surface area contributed by atoms with Crippen LogP contribution in [0.25, 0.3) is 0 Å². The normalized spacial score (nSPS) is 10.2. The molecule has 0 unspecified atom stereocenters. The smallest absolute Gasteiger partial charge is 0.377 e. The lowest BCUT2D eigenvalue weighted by molar-refractivity contribution is -0.119. The fourth-order valence-electron chi connectivity index (χ4n) is 1.72. The minimum atomic E-state index is -0.716. The highest BCUT2D eigenvalue weighted by atomic mass is 16.6. The first-order chi connectivity index (χ1) is 9.95. The van der Waals surface area contributed by atoms with E-state index >= 15 is 0 Å². The Morgan fingerprint density at radius 3 is 2.67 bits per heavy atom. The molecule has 0 saturated heterocycles. The van der Waals surface area contributed by atoms with Gasteiger partial charge in [0.2, 0.25) is 5.76 Å². The zero-order valence-corrected chi connectivity index (χ0v) is 12.1. The summed E-state index contributed by atoms with van der Waals surface area (Å²) in [5, 5.41) is 6.28. The van der Waals surface area contributed by atoms with E-state index in [2.05, 4.69) is 10.5 Å². The third-order valence-electron chi connectivity index (χ3n) is 2.83. The van der Waals surface area contributed by atoms with Crippen LogP contribution >= 0.6 is 0 Å². The summed E-state index contributed by atoms with van der Waals surface area (Å²) in [5.41, 5.74) is 3.24. The molecular weight excluding hydrogens is 272 g/mol. The molecule has 2 aromatic rings. The van der Waals surface area contributed by atoms with Crippen molar-refractivity contribution in [1.29, 1.82) is 0 Å². The quantitative estimate of drug-likeness (QED) is 0.874. The molecule has 1 N–H and O–H groups in total. The van der Waals surface area contributed by atoms with Gasteiger partial charge in [-0.25, -0.2) is 4.79 Å². The van der Waals surface area contributed by atoms with Gasteiger partial charge in [0.15, 0.2) is 6.61 Å². The fourth-order valence-corrected chi connectivity index (χ4v) is 1.72. The third-order valence-corrected chi connectivity index (χ3v) is 2.83. The lowest BCUT2D eigenvalue weighted by atomic mass is 10.1. The number of benzene rings is 1. The Hall–Kier alpha value is -2.63. The Balaban J connectivity index is 1.90. The van der Waals surface area contributed by atoms with Crippen LogP contribution in [0.15, 0.2) is 28.8 Å². The molecule has 0 aliphatic heterocycles. The van der Waals surface area contributed by atoms with Gasteiger partial charge in [0.1, 0.15) is 0 Å². The number of aryl methyl sites for hydroxylation is 3. The molecule has 0 aliphatic rings. The number of rotatable bonds is 4. The molecule has 1 heterocycles. The molecule has 0 saturated carbocycles. The first-order valence-corrected chi connectivity index (χ1v) is 6.43. The standard InChI is InChI=1S/C15H16N2O4/c1-9-4-5-10(2)12(6-9)16-14(18)8-20-15(19)13-7-11(3)17-21-13/h4-7H,8H2,1-3H3,(H,16,18). The van der Waals surface area contributed by atoms with E-state index < -0.39 is 11.9 Å². The van der Waals surface area contributed by atoms with Crippen molar-refractivity contribution in [2.24, 2.45) is 0 Å². The van der Waals surface area contributed by atoms with E-state index in [9.17, 15) is 9.59 Å². The maximum Gasteiger partial charge on any atom is 0.377 e. The van der Waals surface area contributed by atoms with Crippen LogP contribution in [0.2, 0.25) is 0 Å². The summed E-state index contributed by atoms with van der Waals surface area (Å²) < 4.78 is 9.62. The van der Waals surface area contributed by atoms with E-state index in [1.165, 1.54) is 6.07 Å². The molecule has 6 heteroatoms. The highest BCUT2D eigenvalue weighted by molar-refractivity contribution is 5.95. The van der Waals surface area contributed by atoms with Gasteiger partial charge in [-0.15, -0.1) is 0 Å². The maximum absolute atomic E-state index is 11.8. The van der Waals surface area contributed by atoms with Crippen molar-refractivity contribution in [3.8, 4) is 0 Å². The number of esters is 1. The Kier molecular flexibility index (Phi) is 4.37. The summed E-state index contributed by atoms with van der Waals surface area (Å²) in [4.78, 5) is 23.4. The van der Waals surface area contributed by atoms with Crippen LogP contribution < -0.4 is 5.32 Å². The summed E-state index contributed by atoms with van der Waals surface area (Å²) >= 11 is 0. The van der Waals surface area contributed by atoms with Gasteiger partial charge in [-0.3, -0.25) is 4.79 Å². The van der Waals surface area contributed by atoms with E-state index in [1.54, 1.807) is 6.92 Å². The summed E-state index contributed by atoms with van der Waals surface area (Å²) in [5.74, 6) is -1.15. The van der Waals surface area contributed by atoms with Gasteiger partial charge in [0, 0.05) is 11.8 Å². The molecule has 2 rings (SSSR count). The van der Waals surface area contributed by atoms with Crippen LogP contribution in [0.5, 0.6) is 0 Å². The lowest BCUT2D eigenvalue weighted by Gasteiger charge is -2.09. The van der Waals surface area contributed by atoms with Crippen LogP contribution in [0.3, 0.4) is 0 Å². The number of hydrogen-bond donors (Lipinski definition) is 1. The predicted octanol–water partition coefficient (Wildman–Crippen LogP) is 2.40. The van der Waals surface area contributed by atoms with E-state index in [4.69, 9.17) is 9.26 Å². The Morgan fingerprint density at radius 1 is 1.24 bits per heavy atom. The van der Waals surface area contributed by atoms with Crippen molar-refractivity contribution in [1.82, 2.24) is 5.16 Å². The molecular formula is C15H16N2O4. The monoisotopic (exact) mass is 288 g/mol. The van der Waals surface area contributed by atoms with Crippen molar-refractivity contribution >= 4 is 17.6 Å². The van der Waals surface area contributed by atoms with Gasteiger partial charge in [-0.1, -0.05) is 17.3 Å². The van der Waals surface area contributed by atoms with Crippen molar-refractivity contribution < 1.29 is 18.8 Å². The number of ether oxygens (including phenoxy) is 1. The minimum Gasteiger partial charge on any atom is -0.450 e. The second kappa shape index (κ2) is 6.21. The molecule has 0 radical (unpaired) electrons. The summed E-state index contributed by atoms with van der Waals surface area (Å²) in [7, 11) is 0. The summed E-state index contributed by atoms with van der Waals surface area (Å²) in [6.07, 6.45) is 0. The number of carbonyl (C=O) groups excluding carboxylic acids is 2. The summed E-state index contributed by atoms with van der Waals surface area (Å²) in [6.45, 7) is 5.12. The van der Waals surface area contributed by atoms with Crippen LogP contribution in [-0.2, 0) is 9.53 Å². The Labute approximate surface area is 122 Å². The second-order valence-corrected chi connectivity index (χ2v) is 4.78. The highest BCUT2D eigenvalue weighted by Gasteiger charge is 2.15. The van der Waals surface area contributed by atoms with Crippen LogP contribution in [0, 0.1) is 20.8 Å². The molecule has 0 fully saturated rings. The van der Waals surface area contributed by atoms with E-state index in [0.717, 1.165) is 11.1 Å². The number of anilines is 1. The van der Waals surface area contributed by atoms with Crippen molar-refractivity contribution in [2.75, 3.05) is 11.9 Å². The second-order valence-electron chi connectivity index (χ2n) is 4.78. The summed E-state index contributed by atoms with van der Waals surface area (Å²) in [6, 6.07) is 7.17. The van der Waals surface area contributed by atoms with Crippen molar-refractivity contribution in [2.45, 2.75) is 20.8 Å². The first kappa shape index (κ1) is 14.8. The van der Waals surface area contributed by atoms with E-state index in [0.29, 0.717) is 11.4 Å². The van der Waals surface area contributed by atoms with E-state index in [1.807, 2.05) is 32.0 Å². The maximum atomic E-state index is 11.8. The largest absolute Gasteiger partial charge is 0.450 e. The third kappa shape index (κ3) is 3.92. The van der Waals surface area contributed by atoms with Crippen LogP contribution in [-0.4, -0.2) is 23.6 Å². The SMILES string of the molecule is Cc1ccc(C)c(NC(=O)COC(=O)c2cc(C)no2)c1. The number of nitrogens with one attached hydrogen (secondary N) is 1. The fraction of sp³-hybridized carbons (Fsp3) is 0.267. The molecule has 1 amide bonds. The minimum absolute atomic E-state index is 0.0213. The topological polar surface area (TPSA) is 81.4 Å². The Bertz CT molecular complexity index is 676. The highest BCUT2D eigenvalue weighted by Crippen LogP contribution is 2.16. The molecule has 110 valence electrons. The van der Waals surface area contributed by atoms with Crippen LogP contribution in [0.1, 0.15) is 27.4 Å². The van der Waals surface area contributed by atoms with Gasteiger partial charge < -0.3 is 14.6 Å². The lowest BCUT2D eigenvalue weighted by Crippen LogP contribution is -2.21. The van der Waals surface area contributed by atoms with Gasteiger partial charge in [-0.2, -0.15) is 0 Å². The average Bonchev–Trinajstić information content (AvgIpc) is 2.87. The number of aromatic nitrogens is 1. The number of hydrogen-bond acceptors (Lipinski definition) is 5. The number of nitrogens with zero attached hydrogens (tertiary/aromatic N) is 1. The Morgan fingerprint density at radius 2 is 2.00 bits per heavy atom. The van der Waals surface area contributed by atoms with Crippen LogP contribution in [0.4, 0.5) is 5.69 Å². The molecule has 0 spiro atoms. The van der Waals surface area contributed by atoms with Crippen molar-refractivity contribution in [3.63, 3.8) is 0 Å². The predicted molar refractivity (Wildman–Crippen MR) is 76.1 cm³/mol. The molecule has 21 heavy (non-hydrogen) atoms. The molecule has 0 atom stereocenters. The van der Waals surface area contributed by atoms with E-state index in [-0.39, 0.29) is 12.4 Å². The molecule has 1 aromatic carbocycles. The zero-order chi connectivity index (χ0) is 15.4. The van der Waals surface area contributed by atoms with Gasteiger partial charge in [0.25, 0.3) is 5.91 Å². The molecule has 1 aromatic heterocycles. The van der Waals surface area contributed by atoms with Gasteiger partial charge in [0.05, 0.1) is 5.69 Å². The van der Waals surface area contributed by atoms with Gasteiger partial charge >= 0.3 is 5.97 Å². The number of carbonyl (C=O) groups is 2. The first-order valence-electron chi connectivity index (χ1n) is 6.43. The van der Waals surface area contributed by atoms with Crippen molar-refractivity contribution in [3.05, 3.63) is 46.8 Å². The zero-order valence-electron chi connectivity index (χ0n) is 12.1. The average molecular weight is 288 g/mol.